The molecule has 1 aromatic heterocycles. The molecule has 1 aromatic carbocycles. The van der Waals surface area contributed by atoms with E-state index in [4.69, 9.17) is 0 Å². The van der Waals surface area contributed by atoms with Gasteiger partial charge in [0.05, 0.1) is 17.5 Å². The summed E-state index contributed by atoms with van der Waals surface area (Å²) in [6.45, 7) is 0.379. The second kappa shape index (κ2) is 8.01. The van der Waals surface area contributed by atoms with E-state index in [1.54, 1.807) is 24.3 Å². The fourth-order valence-corrected chi connectivity index (χ4v) is 5.95. The van der Waals surface area contributed by atoms with Crippen molar-refractivity contribution in [1.82, 2.24) is 10.2 Å². The van der Waals surface area contributed by atoms with E-state index in [1.807, 2.05) is 23.6 Å². The number of hydrogen-bond acceptors (Lipinski definition) is 5. The van der Waals surface area contributed by atoms with E-state index in [9.17, 15) is 18.0 Å². The normalized spacial score (nSPS) is 19.5. The highest BCUT2D eigenvalue weighted by atomic mass is 32.2. The van der Waals surface area contributed by atoms with Crippen LogP contribution in [0.15, 0.2) is 47.8 Å². The van der Waals surface area contributed by atoms with Gasteiger partial charge in [-0.05, 0) is 30.0 Å². The van der Waals surface area contributed by atoms with Gasteiger partial charge in [0.15, 0.2) is 9.84 Å². The van der Waals surface area contributed by atoms with Crippen LogP contribution in [0.3, 0.4) is 0 Å². The third-order valence-electron chi connectivity index (χ3n) is 4.39. The molecule has 1 atom stereocenters. The lowest BCUT2D eigenvalue weighted by molar-refractivity contribution is -0.129. The molecule has 1 aliphatic heterocycles. The van der Waals surface area contributed by atoms with Gasteiger partial charge >= 0.3 is 0 Å². The predicted octanol–water partition coefficient (Wildman–Crippen LogP) is 1.87. The third kappa shape index (κ3) is 4.31. The lowest BCUT2D eigenvalue weighted by Crippen LogP contribution is -2.41. The fraction of sp³-hybridized carbons (Fsp3) is 0.333. The maximum absolute atomic E-state index is 12.5. The molecule has 1 N–H and O–H groups in total. The van der Waals surface area contributed by atoms with Gasteiger partial charge in [0, 0.05) is 23.5 Å². The molecule has 1 saturated heterocycles. The number of nitrogens with one attached hydrogen (secondary N) is 1. The largest absolute Gasteiger partial charge is 0.343 e. The van der Waals surface area contributed by atoms with Gasteiger partial charge in [-0.3, -0.25) is 9.59 Å². The van der Waals surface area contributed by atoms with Crippen LogP contribution in [-0.4, -0.2) is 50.5 Å². The zero-order chi connectivity index (χ0) is 18.6. The summed E-state index contributed by atoms with van der Waals surface area (Å²) >= 11 is 1.42. The van der Waals surface area contributed by atoms with E-state index in [0.717, 1.165) is 4.88 Å². The lowest BCUT2D eigenvalue weighted by atomic mass is 10.2. The Morgan fingerprint density at radius 3 is 2.58 bits per heavy atom. The Hall–Kier alpha value is -2.19. The van der Waals surface area contributed by atoms with Crippen molar-refractivity contribution in [3.8, 4) is 0 Å². The van der Waals surface area contributed by atoms with Gasteiger partial charge in [-0.1, -0.05) is 24.3 Å². The highest BCUT2D eigenvalue weighted by Crippen LogP contribution is 2.32. The topological polar surface area (TPSA) is 83.6 Å². The number of benzene rings is 1. The first kappa shape index (κ1) is 18.6. The van der Waals surface area contributed by atoms with Crippen LogP contribution in [-0.2, 0) is 14.6 Å². The monoisotopic (exact) mass is 392 g/mol. The number of nitrogens with zero attached hydrogens (tertiary/aromatic N) is 1. The van der Waals surface area contributed by atoms with E-state index in [-0.39, 0.29) is 30.7 Å². The molecular weight excluding hydrogens is 372 g/mol. The number of carbonyl (C=O) groups excluding carboxylic acids is 2. The van der Waals surface area contributed by atoms with Crippen molar-refractivity contribution >= 4 is 33.0 Å². The van der Waals surface area contributed by atoms with Gasteiger partial charge in [-0.25, -0.2) is 8.42 Å². The summed E-state index contributed by atoms with van der Waals surface area (Å²) in [5.41, 5.74) is 0.483. The molecule has 2 heterocycles. The highest BCUT2D eigenvalue weighted by molar-refractivity contribution is 7.91. The van der Waals surface area contributed by atoms with E-state index < -0.39 is 15.1 Å². The summed E-state index contributed by atoms with van der Waals surface area (Å²) in [4.78, 5) is 26.8. The summed E-state index contributed by atoms with van der Waals surface area (Å²) in [7, 11) is -3.29. The average Bonchev–Trinajstić information content (AvgIpc) is 3.11. The van der Waals surface area contributed by atoms with Crippen LogP contribution in [0.25, 0.3) is 0 Å². The summed E-state index contributed by atoms with van der Waals surface area (Å²) in [5.74, 6) is -0.650. The van der Waals surface area contributed by atoms with Crippen LogP contribution >= 0.6 is 11.3 Å². The van der Waals surface area contributed by atoms with Crippen molar-refractivity contribution in [3.05, 3.63) is 58.3 Å². The SMILES string of the molecule is O=C(NCC(=O)N1CCC(c2cccs2)S(=O)(=O)CC1)c1ccccc1. The molecule has 3 rings (SSSR count). The maximum Gasteiger partial charge on any atom is 0.251 e. The Morgan fingerprint density at radius 1 is 1.12 bits per heavy atom. The molecule has 2 amide bonds. The Labute approximate surface area is 156 Å². The van der Waals surface area contributed by atoms with Gasteiger partial charge < -0.3 is 10.2 Å². The summed E-state index contributed by atoms with van der Waals surface area (Å²) in [6.07, 6.45) is 0.376. The van der Waals surface area contributed by atoms with E-state index >= 15 is 0 Å². The number of sulfone groups is 1. The molecule has 0 bridgehead atoms. The lowest BCUT2D eigenvalue weighted by Gasteiger charge is -2.20. The Morgan fingerprint density at radius 2 is 1.88 bits per heavy atom. The second-order valence-corrected chi connectivity index (χ2v) is 9.37. The van der Waals surface area contributed by atoms with Crippen molar-refractivity contribution in [2.45, 2.75) is 11.7 Å². The van der Waals surface area contributed by atoms with Gasteiger partial charge in [0.2, 0.25) is 5.91 Å². The molecule has 0 spiro atoms. The van der Waals surface area contributed by atoms with Crippen LogP contribution in [0.4, 0.5) is 0 Å². The molecule has 0 saturated carbocycles. The smallest absolute Gasteiger partial charge is 0.251 e. The Balaban J connectivity index is 1.60. The zero-order valence-corrected chi connectivity index (χ0v) is 15.8. The standard InChI is InChI=1S/C18H20N2O4S2/c21-17(13-19-18(22)14-5-2-1-3-6-14)20-9-8-16(15-7-4-11-25-15)26(23,24)12-10-20/h1-7,11,16H,8-10,12-13H2,(H,19,22). The van der Waals surface area contributed by atoms with E-state index in [0.29, 0.717) is 18.5 Å². The van der Waals surface area contributed by atoms with Crippen molar-refractivity contribution in [2.24, 2.45) is 0 Å². The van der Waals surface area contributed by atoms with Crippen LogP contribution in [0.5, 0.6) is 0 Å². The number of thiophene rings is 1. The average molecular weight is 393 g/mol. The summed E-state index contributed by atoms with van der Waals surface area (Å²) in [5, 5.41) is 3.90. The minimum Gasteiger partial charge on any atom is -0.343 e. The summed E-state index contributed by atoms with van der Waals surface area (Å²) in [6, 6.07) is 12.3. The second-order valence-electron chi connectivity index (χ2n) is 6.09. The van der Waals surface area contributed by atoms with Gasteiger partial charge in [-0.2, -0.15) is 0 Å². The molecule has 1 unspecified atom stereocenters. The Kier molecular flexibility index (Phi) is 5.73. The molecule has 0 radical (unpaired) electrons. The van der Waals surface area contributed by atoms with E-state index in [2.05, 4.69) is 5.32 Å². The number of carbonyl (C=O) groups is 2. The van der Waals surface area contributed by atoms with Crippen molar-refractivity contribution < 1.29 is 18.0 Å². The molecule has 1 aliphatic rings. The first-order valence-electron chi connectivity index (χ1n) is 8.33. The zero-order valence-electron chi connectivity index (χ0n) is 14.1. The Bertz CT molecular complexity index is 864. The van der Waals surface area contributed by atoms with Gasteiger partial charge in [0.25, 0.3) is 5.91 Å². The molecular formula is C18H20N2O4S2. The molecule has 6 nitrogen and oxygen atoms in total. The minimum atomic E-state index is -3.29. The number of hydrogen-bond donors (Lipinski definition) is 1. The van der Waals surface area contributed by atoms with E-state index in [1.165, 1.54) is 16.2 Å². The van der Waals surface area contributed by atoms with Crippen LogP contribution in [0.1, 0.15) is 26.9 Å². The first-order valence-corrected chi connectivity index (χ1v) is 10.9. The maximum atomic E-state index is 12.5. The minimum absolute atomic E-state index is 0.0616. The molecule has 8 heteroatoms. The highest BCUT2D eigenvalue weighted by Gasteiger charge is 2.33. The van der Waals surface area contributed by atoms with Crippen molar-refractivity contribution in [3.63, 3.8) is 0 Å². The van der Waals surface area contributed by atoms with Crippen molar-refractivity contribution in [1.29, 1.82) is 0 Å². The van der Waals surface area contributed by atoms with Crippen LogP contribution in [0, 0.1) is 0 Å². The molecule has 26 heavy (non-hydrogen) atoms. The van der Waals surface area contributed by atoms with Gasteiger partial charge in [0.1, 0.15) is 0 Å². The van der Waals surface area contributed by atoms with Crippen LogP contribution in [0.2, 0.25) is 0 Å². The predicted molar refractivity (Wildman–Crippen MR) is 101 cm³/mol. The molecule has 1 fully saturated rings. The summed E-state index contributed by atoms with van der Waals surface area (Å²) < 4.78 is 25.0. The molecule has 138 valence electrons. The first-order chi connectivity index (χ1) is 12.5. The molecule has 2 aromatic rings. The van der Waals surface area contributed by atoms with Crippen molar-refractivity contribution in [2.75, 3.05) is 25.4 Å². The molecule has 0 aliphatic carbocycles. The fourth-order valence-electron chi connectivity index (χ4n) is 2.95. The van der Waals surface area contributed by atoms with Crippen LogP contribution < -0.4 is 5.32 Å². The number of amides is 2. The third-order valence-corrected chi connectivity index (χ3v) is 7.63. The quantitative estimate of drug-likeness (QED) is 0.861. The van der Waals surface area contributed by atoms with Gasteiger partial charge in [-0.15, -0.1) is 11.3 Å². The number of rotatable bonds is 4.